The Bertz CT molecular complexity index is 1280. The summed E-state index contributed by atoms with van der Waals surface area (Å²) in [5.74, 6) is -2.92. The van der Waals surface area contributed by atoms with Gasteiger partial charge in [-0.1, -0.05) is 0 Å². The summed E-state index contributed by atoms with van der Waals surface area (Å²) in [6.07, 6.45) is -21.5. The van der Waals surface area contributed by atoms with E-state index in [0.717, 1.165) is 13.8 Å². The molecule has 3 saturated heterocycles. The van der Waals surface area contributed by atoms with Gasteiger partial charge < -0.3 is 95.6 Å². The van der Waals surface area contributed by atoms with E-state index in [-0.39, 0.29) is 12.8 Å². The summed E-state index contributed by atoms with van der Waals surface area (Å²) in [4.78, 5) is 50.7. The number of hydrogen-bond donors (Lipinski definition) is 13. The third-order valence-electron chi connectivity index (χ3n) is 9.36. The highest BCUT2D eigenvalue weighted by Crippen LogP contribution is 2.33. The molecular formula is C33H58N4O19. The smallest absolute Gasteiger partial charge is 0.243 e. The van der Waals surface area contributed by atoms with Crippen LogP contribution in [-0.4, -0.2) is 206 Å². The predicted molar refractivity (Wildman–Crippen MR) is 184 cm³/mol. The number of carbonyl (C=O) groups is 4. The van der Waals surface area contributed by atoms with Gasteiger partial charge in [-0.05, 0) is 27.2 Å². The van der Waals surface area contributed by atoms with Gasteiger partial charge in [-0.15, -0.1) is 0 Å². The molecule has 0 saturated carbocycles. The first-order chi connectivity index (χ1) is 26.3. The number of nitrogens with one attached hydrogen (secondary N) is 4. The van der Waals surface area contributed by atoms with Gasteiger partial charge in [0.05, 0.1) is 50.6 Å². The Kier molecular flexibility index (Phi) is 18.6. The SMILES string of the molecule is CC(=O)N[C@H]1[C@@H](O[C@H]2[C@@H](O)[C@@H](C)O[C@H](O[C@@H]3[C@@H](O)[C@H](OCC(O)CO)O[C@H](C)[C@H]3NC(=O)[C@@H](CCO)NC(=O)C[C@H](C)O)[C@@H]2NC(C)=O)O[C@H](CO)[C@H](O)[C@@H]1O. The molecule has 3 fully saturated rings. The molecular weight excluding hydrogens is 756 g/mol. The normalized spacial score (nSPS) is 37.8. The molecule has 3 aliphatic rings. The van der Waals surface area contributed by atoms with Crippen molar-refractivity contribution in [2.24, 2.45) is 0 Å². The van der Waals surface area contributed by atoms with Gasteiger partial charge in [-0.2, -0.15) is 0 Å². The zero-order valence-corrected chi connectivity index (χ0v) is 31.7. The number of amides is 4. The Hall–Kier alpha value is -2.72. The largest absolute Gasteiger partial charge is 0.396 e. The lowest BCUT2D eigenvalue weighted by Gasteiger charge is -2.50. The van der Waals surface area contributed by atoms with Crippen LogP contribution in [0.15, 0.2) is 0 Å². The number of hydrogen-bond acceptors (Lipinski definition) is 19. The summed E-state index contributed by atoms with van der Waals surface area (Å²) >= 11 is 0. The van der Waals surface area contributed by atoms with E-state index in [1.165, 1.54) is 20.8 Å². The van der Waals surface area contributed by atoms with Crippen LogP contribution in [0.2, 0.25) is 0 Å². The molecule has 13 N–H and O–H groups in total. The van der Waals surface area contributed by atoms with Crippen LogP contribution < -0.4 is 21.3 Å². The van der Waals surface area contributed by atoms with Gasteiger partial charge in [0, 0.05) is 20.5 Å². The van der Waals surface area contributed by atoms with E-state index < -0.39 is 160 Å². The van der Waals surface area contributed by atoms with Gasteiger partial charge in [-0.3, -0.25) is 19.2 Å². The fourth-order valence-corrected chi connectivity index (χ4v) is 6.53. The monoisotopic (exact) mass is 814 g/mol. The van der Waals surface area contributed by atoms with Crippen molar-refractivity contribution in [3.63, 3.8) is 0 Å². The van der Waals surface area contributed by atoms with Crippen LogP contribution in [0, 0.1) is 0 Å². The van der Waals surface area contributed by atoms with Gasteiger partial charge in [0.25, 0.3) is 0 Å². The molecule has 0 radical (unpaired) electrons. The van der Waals surface area contributed by atoms with Gasteiger partial charge in [0.2, 0.25) is 23.6 Å². The molecule has 3 heterocycles. The quantitative estimate of drug-likeness (QED) is 0.0611. The lowest BCUT2D eigenvalue weighted by molar-refractivity contribution is -0.346. The van der Waals surface area contributed by atoms with Crippen LogP contribution in [-0.2, 0) is 47.6 Å². The minimum atomic E-state index is -1.82. The van der Waals surface area contributed by atoms with Crippen LogP contribution in [0.3, 0.4) is 0 Å². The molecule has 56 heavy (non-hydrogen) atoms. The van der Waals surface area contributed by atoms with Crippen LogP contribution in [0.25, 0.3) is 0 Å². The molecule has 23 nitrogen and oxygen atoms in total. The summed E-state index contributed by atoms with van der Waals surface area (Å²) in [5.41, 5.74) is 0. The summed E-state index contributed by atoms with van der Waals surface area (Å²) < 4.78 is 35.4. The second-order valence-electron chi connectivity index (χ2n) is 14.2. The summed E-state index contributed by atoms with van der Waals surface area (Å²) in [7, 11) is 0. The highest BCUT2D eigenvalue weighted by atomic mass is 16.7. The Labute approximate surface area is 322 Å². The fourth-order valence-electron chi connectivity index (χ4n) is 6.53. The van der Waals surface area contributed by atoms with Crippen molar-refractivity contribution in [1.82, 2.24) is 21.3 Å². The van der Waals surface area contributed by atoms with Crippen LogP contribution in [0.4, 0.5) is 0 Å². The first-order valence-corrected chi connectivity index (χ1v) is 18.3. The number of aliphatic hydroxyl groups is 9. The lowest BCUT2D eigenvalue weighted by atomic mass is 9.93. The average molecular weight is 815 g/mol. The zero-order chi connectivity index (χ0) is 42.0. The number of carbonyl (C=O) groups excluding carboxylic acids is 4. The minimum Gasteiger partial charge on any atom is -0.396 e. The maximum atomic E-state index is 13.6. The standard InChI is InChI=1S/C33H58N4O19/c1-12(41)8-20(45)36-18(6-7-38)30(50)37-21-13(2)52-33(51-11-17(44)9-39)27(49)28(21)55-32-23(35-16(5)43)29(24(46)14(3)53-32)56-31-22(34-15(4)42)26(48)25(47)19(10-40)54-31/h12-14,17-19,21-29,31-33,38-41,44,46-49H,6-11H2,1-5H3,(H,34,42)(H,35,43)(H,36,45)(H,37,50)/t12-,13+,14+,17?,18+,19+,21+,22+,23+,24-,25-,26+,27+,28-,29+,31+,32+,33+/m0/s1. The number of aliphatic hydroxyl groups excluding tert-OH is 9. The molecule has 324 valence electrons. The van der Waals surface area contributed by atoms with Crippen molar-refractivity contribution in [2.75, 3.05) is 26.4 Å². The zero-order valence-electron chi connectivity index (χ0n) is 31.7. The molecule has 3 aliphatic heterocycles. The molecule has 18 atom stereocenters. The van der Waals surface area contributed by atoms with Crippen molar-refractivity contribution < 1.29 is 93.6 Å². The Balaban J connectivity index is 2.01. The van der Waals surface area contributed by atoms with E-state index in [9.17, 15) is 65.1 Å². The fraction of sp³-hybridized carbons (Fsp3) is 0.879. The minimum absolute atomic E-state index is 0.255. The van der Waals surface area contributed by atoms with Gasteiger partial charge in [0.15, 0.2) is 18.9 Å². The number of ether oxygens (including phenoxy) is 6. The highest BCUT2D eigenvalue weighted by Gasteiger charge is 2.54. The van der Waals surface area contributed by atoms with Gasteiger partial charge in [0.1, 0.15) is 67.0 Å². The van der Waals surface area contributed by atoms with E-state index in [1.54, 1.807) is 0 Å². The van der Waals surface area contributed by atoms with Crippen molar-refractivity contribution in [3.05, 3.63) is 0 Å². The molecule has 0 spiro atoms. The maximum Gasteiger partial charge on any atom is 0.243 e. The van der Waals surface area contributed by atoms with Crippen molar-refractivity contribution in [2.45, 2.75) is 158 Å². The summed E-state index contributed by atoms with van der Waals surface area (Å²) in [6, 6.07) is -5.59. The maximum absolute atomic E-state index is 13.6. The van der Waals surface area contributed by atoms with Gasteiger partial charge >= 0.3 is 0 Å². The summed E-state index contributed by atoms with van der Waals surface area (Å²) in [6.45, 7) is 3.95. The molecule has 4 amide bonds. The molecule has 0 aromatic rings. The lowest BCUT2D eigenvalue weighted by Crippen LogP contribution is -2.71. The van der Waals surface area contributed by atoms with Crippen LogP contribution in [0.5, 0.6) is 0 Å². The van der Waals surface area contributed by atoms with Gasteiger partial charge in [-0.25, -0.2) is 0 Å². The molecule has 0 aromatic heterocycles. The third kappa shape index (κ3) is 12.6. The Morgan fingerprint density at radius 3 is 1.84 bits per heavy atom. The first-order valence-electron chi connectivity index (χ1n) is 18.3. The molecule has 23 heteroatoms. The molecule has 0 aromatic carbocycles. The molecule has 0 aliphatic carbocycles. The number of rotatable bonds is 18. The predicted octanol–water partition coefficient (Wildman–Crippen LogP) is -7.09. The van der Waals surface area contributed by atoms with Crippen molar-refractivity contribution in [1.29, 1.82) is 0 Å². The van der Waals surface area contributed by atoms with E-state index >= 15 is 0 Å². The van der Waals surface area contributed by atoms with E-state index in [0.29, 0.717) is 0 Å². The summed E-state index contributed by atoms with van der Waals surface area (Å²) in [5, 5.41) is 103. The molecule has 3 rings (SSSR count). The highest BCUT2D eigenvalue weighted by molar-refractivity contribution is 5.88. The Morgan fingerprint density at radius 1 is 0.714 bits per heavy atom. The van der Waals surface area contributed by atoms with Crippen LogP contribution >= 0.6 is 0 Å². The average Bonchev–Trinajstić information content (AvgIpc) is 3.12. The van der Waals surface area contributed by atoms with E-state index in [2.05, 4.69) is 21.3 Å². The van der Waals surface area contributed by atoms with E-state index in [1.807, 2.05) is 0 Å². The Morgan fingerprint density at radius 2 is 1.29 bits per heavy atom. The second-order valence-corrected chi connectivity index (χ2v) is 14.2. The topological polar surface area (TPSA) is 354 Å². The van der Waals surface area contributed by atoms with Crippen molar-refractivity contribution in [3.8, 4) is 0 Å². The van der Waals surface area contributed by atoms with Crippen molar-refractivity contribution >= 4 is 23.6 Å². The molecule has 1 unspecified atom stereocenters. The second kappa shape index (κ2) is 21.9. The molecule has 0 bridgehead atoms. The van der Waals surface area contributed by atoms with E-state index in [4.69, 9.17) is 28.4 Å². The first kappa shape index (κ1) is 47.7. The van der Waals surface area contributed by atoms with Crippen LogP contribution in [0.1, 0.15) is 47.5 Å². The third-order valence-corrected chi connectivity index (χ3v) is 9.36.